The van der Waals surface area contributed by atoms with E-state index < -0.39 is 0 Å². The predicted molar refractivity (Wildman–Crippen MR) is 153 cm³/mol. The van der Waals surface area contributed by atoms with E-state index >= 15 is 0 Å². The fourth-order valence-corrected chi connectivity index (χ4v) is 4.75. The summed E-state index contributed by atoms with van der Waals surface area (Å²) in [6.45, 7) is 3.92. The van der Waals surface area contributed by atoms with E-state index in [0.29, 0.717) is 11.0 Å². The molecule has 0 bridgehead atoms. The van der Waals surface area contributed by atoms with Crippen molar-refractivity contribution in [3.05, 3.63) is 102 Å². The summed E-state index contributed by atoms with van der Waals surface area (Å²) in [6.07, 6.45) is 0. The molecule has 0 saturated carbocycles. The van der Waals surface area contributed by atoms with Crippen LogP contribution in [0.15, 0.2) is 101 Å². The lowest BCUT2D eigenvalue weighted by Crippen LogP contribution is -2.21. The Bertz CT molecular complexity index is 1610. The number of fused-ring (bicyclic) bond motifs is 1. The first-order valence-electron chi connectivity index (χ1n) is 12.1. The molecule has 190 valence electrons. The van der Waals surface area contributed by atoms with Gasteiger partial charge in [0.15, 0.2) is 11.0 Å². The molecule has 0 fully saturated rings. The molecule has 0 aliphatic carbocycles. The number of aromatic nitrogens is 3. The molecule has 0 aliphatic heterocycles. The molecule has 0 unspecified atom stereocenters. The average Bonchev–Trinajstić information content (AvgIpc) is 3.39. The van der Waals surface area contributed by atoms with Crippen LogP contribution in [0.1, 0.15) is 18.1 Å². The number of hydrogen-bond donors (Lipinski definition) is 1. The Hall–Kier alpha value is -4.43. The fourth-order valence-electron chi connectivity index (χ4n) is 4.00. The van der Waals surface area contributed by atoms with Gasteiger partial charge in [-0.15, -0.1) is 10.2 Å². The largest absolute Gasteiger partial charge is 0.497 e. The lowest BCUT2D eigenvalue weighted by Gasteiger charge is -2.11. The highest BCUT2D eigenvalue weighted by molar-refractivity contribution is 7.99. The second-order valence-corrected chi connectivity index (χ2v) is 9.73. The number of hydrogen-bond acceptors (Lipinski definition) is 6. The maximum Gasteiger partial charge on any atom is 0.250 e. The lowest BCUT2D eigenvalue weighted by atomic mass is 10.0. The number of benzene rings is 4. The van der Waals surface area contributed by atoms with Crippen LogP contribution in [0.2, 0.25) is 0 Å². The molecule has 5 aromatic rings. The summed E-state index contributed by atoms with van der Waals surface area (Å²) in [5.74, 6) is 1.37. The highest BCUT2D eigenvalue weighted by atomic mass is 32.2. The highest BCUT2D eigenvalue weighted by Gasteiger charge is 2.17. The van der Waals surface area contributed by atoms with E-state index in [4.69, 9.17) is 4.74 Å². The van der Waals surface area contributed by atoms with E-state index in [-0.39, 0.29) is 11.7 Å². The van der Waals surface area contributed by atoms with Crippen LogP contribution in [0.4, 0.5) is 0 Å². The summed E-state index contributed by atoms with van der Waals surface area (Å²) in [4.78, 5) is 12.7. The quantitative estimate of drug-likeness (QED) is 0.153. The van der Waals surface area contributed by atoms with Gasteiger partial charge in [-0.05, 0) is 72.6 Å². The third-order valence-electron chi connectivity index (χ3n) is 6.12. The molecular weight excluding hydrogens is 494 g/mol. The standard InChI is InChI=1S/C30H27N5O2S/c1-20-8-14-26(15-9-20)35-29(23-12-16-27(37-3)17-13-23)33-34-30(35)38-19-28(36)32-31-21(2)24-11-10-22-6-4-5-7-25(22)18-24/h4-18H,19H2,1-3H3,(H,32,36). The van der Waals surface area contributed by atoms with Crippen LogP contribution in [0.3, 0.4) is 0 Å². The summed E-state index contributed by atoms with van der Waals surface area (Å²) in [5.41, 5.74) is 7.33. The van der Waals surface area contributed by atoms with E-state index in [0.717, 1.165) is 44.6 Å². The van der Waals surface area contributed by atoms with Crippen LogP contribution in [0.5, 0.6) is 5.75 Å². The summed E-state index contributed by atoms with van der Waals surface area (Å²) >= 11 is 1.31. The third kappa shape index (κ3) is 5.60. The van der Waals surface area contributed by atoms with Crippen molar-refractivity contribution < 1.29 is 9.53 Å². The van der Waals surface area contributed by atoms with Crippen molar-refractivity contribution in [1.82, 2.24) is 20.2 Å². The first kappa shape index (κ1) is 25.2. The molecule has 0 saturated heterocycles. The van der Waals surface area contributed by atoms with Gasteiger partial charge in [-0.2, -0.15) is 5.10 Å². The van der Waals surface area contributed by atoms with Crippen molar-refractivity contribution in [3.8, 4) is 22.8 Å². The molecule has 0 atom stereocenters. The van der Waals surface area contributed by atoms with Crippen molar-refractivity contribution in [2.45, 2.75) is 19.0 Å². The van der Waals surface area contributed by atoms with E-state index in [1.165, 1.54) is 11.8 Å². The molecule has 0 radical (unpaired) electrons. The Balaban J connectivity index is 1.33. The molecule has 4 aromatic carbocycles. The first-order chi connectivity index (χ1) is 18.5. The van der Waals surface area contributed by atoms with Crippen LogP contribution >= 0.6 is 11.8 Å². The van der Waals surface area contributed by atoms with Crippen molar-refractivity contribution >= 4 is 34.2 Å². The minimum Gasteiger partial charge on any atom is -0.497 e. The number of carbonyl (C=O) groups is 1. The molecule has 1 heterocycles. The molecule has 1 aromatic heterocycles. The minimum absolute atomic E-state index is 0.140. The van der Waals surface area contributed by atoms with Crippen LogP contribution < -0.4 is 10.2 Å². The lowest BCUT2D eigenvalue weighted by molar-refractivity contribution is -0.118. The van der Waals surface area contributed by atoms with Gasteiger partial charge in [0, 0.05) is 11.3 Å². The van der Waals surface area contributed by atoms with Gasteiger partial charge in [0.1, 0.15) is 5.75 Å². The predicted octanol–water partition coefficient (Wildman–Crippen LogP) is 6.04. The van der Waals surface area contributed by atoms with Gasteiger partial charge in [-0.25, -0.2) is 5.43 Å². The molecule has 1 amide bonds. The molecule has 1 N–H and O–H groups in total. The van der Waals surface area contributed by atoms with Gasteiger partial charge in [0.25, 0.3) is 5.91 Å². The van der Waals surface area contributed by atoms with E-state index in [1.54, 1.807) is 7.11 Å². The highest BCUT2D eigenvalue weighted by Crippen LogP contribution is 2.29. The Morgan fingerprint density at radius 2 is 1.68 bits per heavy atom. The zero-order valence-electron chi connectivity index (χ0n) is 21.4. The van der Waals surface area contributed by atoms with Crippen LogP contribution in [-0.4, -0.2) is 39.2 Å². The van der Waals surface area contributed by atoms with Crippen molar-refractivity contribution in [3.63, 3.8) is 0 Å². The molecular formula is C30H27N5O2S. The van der Waals surface area contributed by atoms with E-state index in [9.17, 15) is 4.79 Å². The zero-order valence-corrected chi connectivity index (χ0v) is 22.2. The number of thioether (sulfide) groups is 1. The Morgan fingerprint density at radius 3 is 2.42 bits per heavy atom. The number of nitrogens with zero attached hydrogens (tertiary/aromatic N) is 4. The first-order valence-corrected chi connectivity index (χ1v) is 13.1. The second-order valence-electron chi connectivity index (χ2n) is 8.79. The third-order valence-corrected chi connectivity index (χ3v) is 7.05. The SMILES string of the molecule is COc1ccc(-c2nnc(SCC(=O)NN=C(C)c3ccc4ccccc4c3)n2-c2ccc(C)cc2)cc1. The van der Waals surface area contributed by atoms with Crippen LogP contribution in [0, 0.1) is 6.92 Å². The van der Waals surface area contributed by atoms with Crippen molar-refractivity contribution in [2.75, 3.05) is 12.9 Å². The van der Waals surface area contributed by atoms with Gasteiger partial charge in [0.05, 0.1) is 18.6 Å². The molecule has 8 heteroatoms. The maximum absolute atomic E-state index is 12.7. The van der Waals surface area contributed by atoms with Gasteiger partial charge in [-0.3, -0.25) is 9.36 Å². The number of rotatable bonds is 8. The Labute approximate surface area is 225 Å². The van der Waals surface area contributed by atoms with Gasteiger partial charge in [-0.1, -0.05) is 65.9 Å². The summed E-state index contributed by atoms with van der Waals surface area (Å²) in [5, 5.41) is 16.1. The molecule has 7 nitrogen and oxygen atoms in total. The number of methoxy groups -OCH3 is 1. The van der Waals surface area contributed by atoms with Gasteiger partial charge < -0.3 is 4.74 Å². The maximum atomic E-state index is 12.7. The number of ether oxygens (including phenoxy) is 1. The monoisotopic (exact) mass is 521 g/mol. The molecule has 0 aliphatic rings. The number of aryl methyl sites for hydroxylation is 1. The number of hydrazone groups is 1. The summed E-state index contributed by atoms with van der Waals surface area (Å²) < 4.78 is 7.25. The summed E-state index contributed by atoms with van der Waals surface area (Å²) in [7, 11) is 1.64. The molecule has 5 rings (SSSR count). The Morgan fingerprint density at radius 1 is 0.947 bits per heavy atom. The zero-order chi connectivity index (χ0) is 26.5. The van der Waals surface area contributed by atoms with Crippen molar-refractivity contribution in [2.24, 2.45) is 5.10 Å². The van der Waals surface area contributed by atoms with E-state index in [1.807, 2.05) is 85.1 Å². The van der Waals surface area contributed by atoms with Crippen molar-refractivity contribution in [1.29, 1.82) is 0 Å². The minimum atomic E-state index is -0.223. The van der Waals surface area contributed by atoms with Gasteiger partial charge >= 0.3 is 0 Å². The Kier molecular flexibility index (Phi) is 7.51. The number of carbonyl (C=O) groups excluding carboxylic acids is 1. The summed E-state index contributed by atoms with van der Waals surface area (Å²) in [6, 6.07) is 30.1. The average molecular weight is 522 g/mol. The van der Waals surface area contributed by atoms with Crippen LogP contribution in [0.25, 0.3) is 27.8 Å². The smallest absolute Gasteiger partial charge is 0.250 e. The fraction of sp³-hybridized carbons (Fsp3) is 0.133. The second kappa shape index (κ2) is 11.3. The molecule has 38 heavy (non-hydrogen) atoms. The number of nitrogens with one attached hydrogen (secondary N) is 1. The van der Waals surface area contributed by atoms with Crippen LogP contribution in [-0.2, 0) is 4.79 Å². The van der Waals surface area contributed by atoms with Gasteiger partial charge in [0.2, 0.25) is 0 Å². The molecule has 0 spiro atoms. The topological polar surface area (TPSA) is 81.4 Å². The normalized spacial score (nSPS) is 11.5. The number of amides is 1. The van der Waals surface area contributed by atoms with E-state index in [2.05, 4.69) is 45.0 Å².